The van der Waals surface area contributed by atoms with Gasteiger partial charge >= 0.3 is 6.03 Å². The van der Waals surface area contributed by atoms with Crippen LogP contribution in [0.25, 0.3) is 0 Å². The molecule has 3 heterocycles. The van der Waals surface area contributed by atoms with Crippen molar-refractivity contribution in [2.75, 3.05) is 39.4 Å². The Kier molecular flexibility index (Phi) is 6.78. The standard InChI is InChI=1S/C28H32N4O4/c1-3-31-23-18-32(27(34)24(23)25(29-28(31)35)21-11-9-19(2)10-12-21)22(17-20-7-5-4-6-8-20)26(33)30-13-15-36-16-14-30/h4-12,22,25H,3,13-18H2,1-2H3,(H,29,35). The van der Waals surface area contributed by atoms with E-state index in [1.165, 1.54) is 0 Å². The molecule has 0 spiro atoms. The molecule has 1 N–H and O–H groups in total. The van der Waals surface area contributed by atoms with Gasteiger partial charge in [-0.15, -0.1) is 0 Å². The van der Waals surface area contributed by atoms with Crippen LogP contribution in [0.1, 0.15) is 29.7 Å². The van der Waals surface area contributed by atoms with Crippen LogP contribution in [0.3, 0.4) is 0 Å². The summed E-state index contributed by atoms with van der Waals surface area (Å²) in [5.41, 5.74) is 4.17. The molecule has 188 valence electrons. The number of amides is 4. The van der Waals surface area contributed by atoms with E-state index in [1.54, 1.807) is 14.7 Å². The first-order valence-electron chi connectivity index (χ1n) is 12.6. The van der Waals surface area contributed by atoms with Crippen molar-refractivity contribution >= 4 is 17.8 Å². The summed E-state index contributed by atoms with van der Waals surface area (Å²) in [5, 5.41) is 3.03. The molecule has 3 aliphatic rings. The molecule has 0 aromatic heterocycles. The SMILES string of the molecule is CCN1C(=O)NC(c2ccc(C)cc2)C2=C1CN(C(Cc1ccccc1)C(=O)N1CCOCC1)C2=O. The van der Waals surface area contributed by atoms with Gasteiger partial charge in [-0.25, -0.2) is 4.79 Å². The lowest BCUT2D eigenvalue weighted by molar-refractivity contribution is -0.145. The van der Waals surface area contributed by atoms with E-state index in [2.05, 4.69) is 5.32 Å². The largest absolute Gasteiger partial charge is 0.378 e. The number of likely N-dealkylation sites (N-methyl/N-ethyl adjacent to an activating group) is 1. The fourth-order valence-corrected chi connectivity index (χ4v) is 5.27. The average Bonchev–Trinajstić information content (AvgIpc) is 3.24. The first kappa shape index (κ1) is 24.1. The van der Waals surface area contributed by atoms with Gasteiger partial charge in [-0.05, 0) is 25.0 Å². The molecule has 36 heavy (non-hydrogen) atoms. The van der Waals surface area contributed by atoms with Crippen molar-refractivity contribution in [1.82, 2.24) is 20.0 Å². The van der Waals surface area contributed by atoms with E-state index in [-0.39, 0.29) is 24.4 Å². The van der Waals surface area contributed by atoms with E-state index in [4.69, 9.17) is 4.74 Å². The number of rotatable bonds is 6. The molecule has 2 atom stereocenters. The molecule has 1 fully saturated rings. The second-order valence-corrected chi connectivity index (χ2v) is 9.47. The Morgan fingerprint density at radius 2 is 1.75 bits per heavy atom. The number of aryl methyl sites for hydroxylation is 1. The molecule has 8 heteroatoms. The fourth-order valence-electron chi connectivity index (χ4n) is 5.27. The lowest BCUT2D eigenvalue weighted by Crippen LogP contribution is -2.53. The fraction of sp³-hybridized carbons (Fsp3) is 0.393. The Morgan fingerprint density at radius 3 is 2.42 bits per heavy atom. The molecule has 5 rings (SSSR count). The number of hydrogen-bond donors (Lipinski definition) is 1. The van der Waals surface area contributed by atoms with Gasteiger partial charge in [-0.1, -0.05) is 60.2 Å². The Bertz CT molecular complexity index is 1170. The summed E-state index contributed by atoms with van der Waals surface area (Å²) in [5.74, 6) is -0.277. The summed E-state index contributed by atoms with van der Waals surface area (Å²) in [7, 11) is 0. The maximum absolute atomic E-state index is 14.1. The van der Waals surface area contributed by atoms with Crippen molar-refractivity contribution in [1.29, 1.82) is 0 Å². The van der Waals surface area contributed by atoms with Crippen LogP contribution < -0.4 is 5.32 Å². The topological polar surface area (TPSA) is 82.2 Å². The highest BCUT2D eigenvalue weighted by atomic mass is 16.5. The highest BCUT2D eigenvalue weighted by Gasteiger charge is 2.47. The van der Waals surface area contributed by atoms with Gasteiger partial charge in [-0.2, -0.15) is 0 Å². The molecule has 4 amide bonds. The van der Waals surface area contributed by atoms with Crippen LogP contribution in [0.5, 0.6) is 0 Å². The van der Waals surface area contributed by atoms with Crippen LogP contribution >= 0.6 is 0 Å². The number of urea groups is 1. The van der Waals surface area contributed by atoms with E-state index in [0.29, 0.717) is 50.5 Å². The second-order valence-electron chi connectivity index (χ2n) is 9.47. The molecule has 0 aliphatic carbocycles. The van der Waals surface area contributed by atoms with Gasteiger partial charge in [0.05, 0.1) is 37.1 Å². The minimum Gasteiger partial charge on any atom is -0.378 e. The van der Waals surface area contributed by atoms with Crippen molar-refractivity contribution in [2.45, 2.75) is 32.4 Å². The van der Waals surface area contributed by atoms with Crippen LogP contribution in [0.2, 0.25) is 0 Å². The molecule has 2 aromatic rings. The summed E-state index contributed by atoms with van der Waals surface area (Å²) in [6.07, 6.45) is 0.409. The predicted molar refractivity (Wildman–Crippen MR) is 135 cm³/mol. The minimum atomic E-state index is -0.670. The number of morpholine rings is 1. The first-order chi connectivity index (χ1) is 17.5. The second kappa shape index (κ2) is 10.1. The van der Waals surface area contributed by atoms with Crippen LogP contribution in [-0.2, 0) is 20.7 Å². The van der Waals surface area contributed by atoms with E-state index < -0.39 is 12.1 Å². The summed E-state index contributed by atoms with van der Waals surface area (Å²) in [6, 6.07) is 16.2. The number of nitrogens with one attached hydrogen (secondary N) is 1. The van der Waals surface area contributed by atoms with Crippen molar-refractivity contribution in [2.24, 2.45) is 0 Å². The molecule has 2 unspecified atom stereocenters. The first-order valence-corrected chi connectivity index (χ1v) is 12.6. The average molecular weight is 489 g/mol. The number of carbonyl (C=O) groups is 3. The molecule has 0 radical (unpaired) electrons. The quantitative estimate of drug-likeness (QED) is 0.678. The van der Waals surface area contributed by atoms with Crippen LogP contribution in [0.15, 0.2) is 65.9 Å². The summed E-state index contributed by atoms with van der Waals surface area (Å²) >= 11 is 0. The number of carbonyl (C=O) groups excluding carboxylic acids is 3. The molecular formula is C28H32N4O4. The van der Waals surface area contributed by atoms with Crippen LogP contribution in [-0.4, -0.2) is 78.0 Å². The lowest BCUT2D eigenvalue weighted by Gasteiger charge is -2.35. The van der Waals surface area contributed by atoms with Crippen molar-refractivity contribution < 1.29 is 19.1 Å². The molecular weight excluding hydrogens is 456 g/mol. The summed E-state index contributed by atoms with van der Waals surface area (Å²) in [6.45, 7) is 6.55. The third-order valence-corrected chi connectivity index (χ3v) is 7.23. The highest BCUT2D eigenvalue weighted by Crippen LogP contribution is 2.37. The normalized spacial score (nSPS) is 20.9. The van der Waals surface area contributed by atoms with Gasteiger partial charge in [-0.3, -0.25) is 14.5 Å². The number of benzene rings is 2. The van der Waals surface area contributed by atoms with Crippen LogP contribution in [0.4, 0.5) is 4.79 Å². The number of ether oxygens (including phenoxy) is 1. The zero-order valence-electron chi connectivity index (χ0n) is 20.8. The van der Waals surface area contributed by atoms with Gasteiger partial charge in [0, 0.05) is 26.1 Å². The van der Waals surface area contributed by atoms with E-state index in [0.717, 1.165) is 16.7 Å². The number of nitrogens with zero attached hydrogens (tertiary/aromatic N) is 3. The third kappa shape index (κ3) is 4.48. The highest BCUT2D eigenvalue weighted by molar-refractivity contribution is 6.03. The minimum absolute atomic E-state index is 0.0791. The Balaban J connectivity index is 1.51. The predicted octanol–water partition coefficient (Wildman–Crippen LogP) is 2.65. The van der Waals surface area contributed by atoms with Crippen molar-refractivity contribution in [3.8, 4) is 0 Å². The van der Waals surface area contributed by atoms with Gasteiger partial charge in [0.1, 0.15) is 6.04 Å². The summed E-state index contributed by atoms with van der Waals surface area (Å²) < 4.78 is 5.45. The maximum Gasteiger partial charge on any atom is 0.322 e. The van der Waals surface area contributed by atoms with Crippen LogP contribution in [0, 0.1) is 6.92 Å². The monoisotopic (exact) mass is 488 g/mol. The smallest absolute Gasteiger partial charge is 0.322 e. The Morgan fingerprint density at radius 1 is 1.06 bits per heavy atom. The van der Waals surface area contributed by atoms with Gasteiger partial charge in [0.15, 0.2) is 0 Å². The van der Waals surface area contributed by atoms with Gasteiger partial charge in [0.2, 0.25) is 5.91 Å². The lowest BCUT2D eigenvalue weighted by atomic mass is 9.95. The van der Waals surface area contributed by atoms with Gasteiger partial charge in [0.25, 0.3) is 5.91 Å². The Hall–Kier alpha value is -3.65. The van der Waals surface area contributed by atoms with Gasteiger partial charge < -0.3 is 19.9 Å². The molecule has 8 nitrogen and oxygen atoms in total. The summed E-state index contributed by atoms with van der Waals surface area (Å²) in [4.78, 5) is 46.0. The van der Waals surface area contributed by atoms with Crippen molar-refractivity contribution in [3.05, 3.63) is 82.6 Å². The number of hydrogen-bond acceptors (Lipinski definition) is 4. The van der Waals surface area contributed by atoms with E-state index >= 15 is 0 Å². The van der Waals surface area contributed by atoms with E-state index in [1.807, 2.05) is 68.4 Å². The third-order valence-electron chi connectivity index (χ3n) is 7.23. The maximum atomic E-state index is 14.1. The van der Waals surface area contributed by atoms with E-state index in [9.17, 15) is 14.4 Å². The molecule has 0 bridgehead atoms. The molecule has 1 saturated heterocycles. The van der Waals surface area contributed by atoms with Crippen molar-refractivity contribution in [3.63, 3.8) is 0 Å². The molecule has 2 aromatic carbocycles. The molecule has 0 saturated carbocycles. The molecule has 3 aliphatic heterocycles. The Labute approximate surface area is 211 Å². The zero-order valence-corrected chi connectivity index (χ0v) is 20.8. The zero-order chi connectivity index (χ0) is 25.2.